The van der Waals surface area contributed by atoms with Crippen LogP contribution in [-0.2, 0) is 6.54 Å². The molecule has 0 aliphatic carbocycles. The fourth-order valence-electron chi connectivity index (χ4n) is 2.72. The molecule has 0 spiro atoms. The van der Waals surface area contributed by atoms with Crippen molar-refractivity contribution < 1.29 is 0 Å². The van der Waals surface area contributed by atoms with Crippen LogP contribution in [0.4, 0.5) is 5.82 Å². The maximum absolute atomic E-state index is 4.60. The number of hydrogen-bond acceptors (Lipinski definition) is 3. The predicted molar refractivity (Wildman–Crippen MR) is 76.8 cm³/mol. The minimum absolute atomic E-state index is 0.894. The standard InChI is InChI=1S/C15H25N3/c1-3-13-5-4-9-18(10-8-13)15-7-6-14(11-16-2)12-17-15/h6-7,12-13,16H,3-5,8-11H2,1-2H3. The molecule has 0 bridgehead atoms. The van der Waals surface area contributed by atoms with Gasteiger partial charge in [0.15, 0.2) is 0 Å². The third-order valence-electron chi connectivity index (χ3n) is 3.94. The van der Waals surface area contributed by atoms with Crippen LogP contribution in [0.15, 0.2) is 18.3 Å². The summed E-state index contributed by atoms with van der Waals surface area (Å²) >= 11 is 0. The molecule has 0 amide bonds. The van der Waals surface area contributed by atoms with Crippen LogP contribution in [0.3, 0.4) is 0 Å². The van der Waals surface area contributed by atoms with Crippen molar-refractivity contribution in [3.05, 3.63) is 23.9 Å². The maximum atomic E-state index is 4.60. The van der Waals surface area contributed by atoms with E-state index in [0.717, 1.165) is 31.4 Å². The highest BCUT2D eigenvalue weighted by atomic mass is 15.2. The monoisotopic (exact) mass is 247 g/mol. The molecule has 18 heavy (non-hydrogen) atoms. The molecule has 1 aromatic heterocycles. The summed E-state index contributed by atoms with van der Waals surface area (Å²) in [6.45, 7) is 5.53. The van der Waals surface area contributed by atoms with Crippen molar-refractivity contribution in [3.8, 4) is 0 Å². The molecule has 2 rings (SSSR count). The lowest BCUT2D eigenvalue weighted by molar-refractivity contribution is 0.459. The van der Waals surface area contributed by atoms with E-state index in [1.165, 1.54) is 31.2 Å². The molecule has 1 aromatic rings. The maximum Gasteiger partial charge on any atom is 0.128 e. The molecular formula is C15H25N3. The topological polar surface area (TPSA) is 28.2 Å². The molecule has 0 radical (unpaired) electrons. The highest BCUT2D eigenvalue weighted by Crippen LogP contribution is 2.23. The summed E-state index contributed by atoms with van der Waals surface area (Å²) in [5.74, 6) is 2.06. The molecule has 100 valence electrons. The number of nitrogens with one attached hydrogen (secondary N) is 1. The number of anilines is 1. The van der Waals surface area contributed by atoms with Gasteiger partial charge in [-0.25, -0.2) is 4.98 Å². The second-order valence-electron chi connectivity index (χ2n) is 5.25. The van der Waals surface area contributed by atoms with Gasteiger partial charge in [-0.15, -0.1) is 0 Å². The van der Waals surface area contributed by atoms with E-state index in [2.05, 4.69) is 34.3 Å². The average Bonchev–Trinajstić information content (AvgIpc) is 2.65. The molecular weight excluding hydrogens is 222 g/mol. The van der Waals surface area contributed by atoms with E-state index in [1.807, 2.05) is 13.2 Å². The van der Waals surface area contributed by atoms with Gasteiger partial charge in [0.25, 0.3) is 0 Å². The number of hydrogen-bond donors (Lipinski definition) is 1. The number of rotatable bonds is 4. The second-order valence-corrected chi connectivity index (χ2v) is 5.25. The lowest BCUT2D eigenvalue weighted by atomic mass is 9.98. The summed E-state index contributed by atoms with van der Waals surface area (Å²) in [5.41, 5.74) is 1.25. The van der Waals surface area contributed by atoms with Gasteiger partial charge in [0.2, 0.25) is 0 Å². The van der Waals surface area contributed by atoms with Gasteiger partial charge < -0.3 is 10.2 Å². The highest BCUT2D eigenvalue weighted by molar-refractivity contribution is 5.39. The molecule has 3 heteroatoms. The molecule has 1 aliphatic rings. The Kier molecular flexibility index (Phi) is 5.00. The Hall–Kier alpha value is -1.09. The first-order chi connectivity index (χ1) is 8.83. The van der Waals surface area contributed by atoms with Crippen LogP contribution < -0.4 is 10.2 Å². The molecule has 1 fully saturated rings. The Bertz CT molecular complexity index is 347. The minimum Gasteiger partial charge on any atom is -0.357 e. The van der Waals surface area contributed by atoms with Crippen LogP contribution in [0.1, 0.15) is 38.2 Å². The SMILES string of the molecule is CCC1CCCN(c2ccc(CNC)cn2)CC1. The number of nitrogens with zero attached hydrogens (tertiary/aromatic N) is 2. The Morgan fingerprint density at radius 3 is 2.89 bits per heavy atom. The molecule has 2 heterocycles. The molecule has 1 aliphatic heterocycles. The largest absolute Gasteiger partial charge is 0.357 e. The van der Waals surface area contributed by atoms with Crippen LogP contribution in [0, 0.1) is 5.92 Å². The Morgan fingerprint density at radius 2 is 2.22 bits per heavy atom. The number of pyridine rings is 1. The molecule has 1 unspecified atom stereocenters. The fourth-order valence-corrected chi connectivity index (χ4v) is 2.72. The molecule has 3 nitrogen and oxygen atoms in total. The zero-order valence-corrected chi connectivity index (χ0v) is 11.7. The normalized spacial score (nSPS) is 20.8. The van der Waals surface area contributed by atoms with Gasteiger partial charge in [0, 0.05) is 25.8 Å². The number of aromatic nitrogens is 1. The van der Waals surface area contributed by atoms with Crippen molar-refractivity contribution in [3.63, 3.8) is 0 Å². The van der Waals surface area contributed by atoms with Crippen molar-refractivity contribution in [2.45, 2.75) is 39.2 Å². The van der Waals surface area contributed by atoms with Gasteiger partial charge in [-0.3, -0.25) is 0 Å². The fraction of sp³-hybridized carbons (Fsp3) is 0.667. The van der Waals surface area contributed by atoms with Crippen LogP contribution in [0.2, 0.25) is 0 Å². The lowest BCUT2D eigenvalue weighted by Crippen LogP contribution is -2.25. The minimum atomic E-state index is 0.894. The van der Waals surface area contributed by atoms with E-state index in [1.54, 1.807) is 0 Å². The molecule has 1 N–H and O–H groups in total. The van der Waals surface area contributed by atoms with E-state index in [0.29, 0.717) is 0 Å². The van der Waals surface area contributed by atoms with Crippen LogP contribution in [0.25, 0.3) is 0 Å². The summed E-state index contributed by atoms with van der Waals surface area (Å²) in [6, 6.07) is 4.35. The molecule has 0 saturated carbocycles. The van der Waals surface area contributed by atoms with E-state index in [9.17, 15) is 0 Å². The third-order valence-corrected chi connectivity index (χ3v) is 3.94. The van der Waals surface area contributed by atoms with E-state index in [4.69, 9.17) is 0 Å². The van der Waals surface area contributed by atoms with Crippen molar-refractivity contribution >= 4 is 5.82 Å². The van der Waals surface area contributed by atoms with Crippen LogP contribution in [0.5, 0.6) is 0 Å². The van der Waals surface area contributed by atoms with Gasteiger partial charge in [0.1, 0.15) is 5.82 Å². The first kappa shape index (κ1) is 13.3. The van der Waals surface area contributed by atoms with Crippen molar-refractivity contribution in [2.24, 2.45) is 5.92 Å². The van der Waals surface area contributed by atoms with Gasteiger partial charge >= 0.3 is 0 Å². The lowest BCUT2D eigenvalue weighted by Gasteiger charge is -2.21. The zero-order chi connectivity index (χ0) is 12.8. The molecule has 1 saturated heterocycles. The summed E-state index contributed by atoms with van der Waals surface area (Å²) in [7, 11) is 1.97. The Morgan fingerprint density at radius 1 is 1.33 bits per heavy atom. The van der Waals surface area contributed by atoms with Gasteiger partial charge in [-0.1, -0.05) is 19.4 Å². The van der Waals surface area contributed by atoms with Crippen molar-refractivity contribution in [1.29, 1.82) is 0 Å². The average molecular weight is 247 g/mol. The third kappa shape index (κ3) is 3.45. The Balaban J connectivity index is 1.98. The molecule has 0 aromatic carbocycles. The smallest absolute Gasteiger partial charge is 0.128 e. The quantitative estimate of drug-likeness (QED) is 0.887. The highest BCUT2D eigenvalue weighted by Gasteiger charge is 2.16. The second kappa shape index (κ2) is 6.74. The van der Waals surface area contributed by atoms with Gasteiger partial charge in [-0.05, 0) is 43.9 Å². The summed E-state index contributed by atoms with van der Waals surface area (Å²) in [6.07, 6.45) is 7.32. The van der Waals surface area contributed by atoms with Crippen molar-refractivity contribution in [1.82, 2.24) is 10.3 Å². The summed E-state index contributed by atoms with van der Waals surface area (Å²) < 4.78 is 0. The summed E-state index contributed by atoms with van der Waals surface area (Å²) in [5, 5.41) is 3.15. The van der Waals surface area contributed by atoms with Gasteiger partial charge in [-0.2, -0.15) is 0 Å². The first-order valence-electron chi connectivity index (χ1n) is 7.18. The predicted octanol–water partition coefficient (Wildman–Crippen LogP) is 2.82. The zero-order valence-electron chi connectivity index (χ0n) is 11.7. The van der Waals surface area contributed by atoms with Crippen molar-refractivity contribution in [2.75, 3.05) is 25.0 Å². The molecule has 1 atom stereocenters. The first-order valence-corrected chi connectivity index (χ1v) is 7.18. The van der Waals surface area contributed by atoms with E-state index in [-0.39, 0.29) is 0 Å². The van der Waals surface area contributed by atoms with Crippen LogP contribution in [-0.4, -0.2) is 25.1 Å². The summed E-state index contributed by atoms with van der Waals surface area (Å²) in [4.78, 5) is 7.04. The van der Waals surface area contributed by atoms with E-state index >= 15 is 0 Å². The van der Waals surface area contributed by atoms with E-state index < -0.39 is 0 Å². The van der Waals surface area contributed by atoms with Crippen LogP contribution >= 0.6 is 0 Å². The Labute approximate surface area is 111 Å². The van der Waals surface area contributed by atoms with Gasteiger partial charge in [0.05, 0.1) is 0 Å².